The predicted molar refractivity (Wildman–Crippen MR) is 139 cm³/mol. The number of carbonyl (C=O) groups excluding carboxylic acids is 2. The van der Waals surface area contributed by atoms with Crippen LogP contribution in [-0.2, 0) is 9.53 Å². The van der Waals surface area contributed by atoms with Gasteiger partial charge in [-0.25, -0.2) is 4.79 Å². The van der Waals surface area contributed by atoms with Gasteiger partial charge >= 0.3 is 6.09 Å². The number of nitrogens with zero attached hydrogens (tertiary/aromatic N) is 6. The average Bonchev–Trinajstić information content (AvgIpc) is 3.35. The lowest BCUT2D eigenvalue weighted by Crippen LogP contribution is -2.50. The van der Waals surface area contributed by atoms with Gasteiger partial charge in [0.1, 0.15) is 0 Å². The number of amides is 2. The summed E-state index contributed by atoms with van der Waals surface area (Å²) in [4.78, 5) is 38.5. The normalized spacial score (nSPS) is 13.4. The zero-order valence-electron chi connectivity index (χ0n) is 20.5. The van der Waals surface area contributed by atoms with E-state index in [1.54, 1.807) is 28.9 Å². The number of piperazine rings is 1. The van der Waals surface area contributed by atoms with Gasteiger partial charge in [0.25, 0.3) is 5.69 Å². The number of nitro groups is 1. The Morgan fingerprint density at radius 3 is 2.32 bits per heavy atom. The van der Waals surface area contributed by atoms with Gasteiger partial charge in [-0.3, -0.25) is 19.5 Å². The van der Waals surface area contributed by atoms with E-state index in [1.807, 2.05) is 34.9 Å². The van der Waals surface area contributed by atoms with Gasteiger partial charge in [-0.1, -0.05) is 30.0 Å². The molecule has 1 aromatic heterocycles. The Morgan fingerprint density at radius 1 is 1.00 bits per heavy atom. The maximum atomic E-state index is 12.7. The SMILES string of the molecule is CCOC(=O)N1CCN(C(=O)CCCSc2nnc(-c3ccc([N+](=O)[O-])cc3)n2-c2ccccc2)CC1. The summed E-state index contributed by atoms with van der Waals surface area (Å²) in [6, 6.07) is 15.9. The van der Waals surface area contributed by atoms with E-state index in [1.165, 1.54) is 23.9 Å². The second kappa shape index (κ2) is 12.3. The van der Waals surface area contributed by atoms with Crippen molar-refractivity contribution in [1.82, 2.24) is 24.6 Å². The lowest BCUT2D eigenvalue weighted by atomic mass is 10.2. The van der Waals surface area contributed by atoms with Gasteiger partial charge in [0.2, 0.25) is 5.91 Å². The number of para-hydroxylation sites is 1. The second-order valence-corrected chi connectivity index (χ2v) is 9.36. The maximum Gasteiger partial charge on any atom is 0.409 e. The van der Waals surface area contributed by atoms with Gasteiger partial charge in [0.05, 0.1) is 11.5 Å². The standard InChI is InChI=1S/C25H28N6O5S/c1-2-36-25(33)29-16-14-28(15-17-29)22(32)9-6-18-37-24-27-26-23(30(24)20-7-4-3-5-8-20)19-10-12-21(13-11-19)31(34)35/h3-5,7-8,10-13H,2,6,9,14-18H2,1H3. The van der Waals surface area contributed by atoms with Crippen molar-refractivity contribution in [3.63, 3.8) is 0 Å². The number of ether oxygens (including phenoxy) is 1. The Labute approximate surface area is 218 Å². The van der Waals surface area contributed by atoms with E-state index in [9.17, 15) is 19.7 Å². The summed E-state index contributed by atoms with van der Waals surface area (Å²) < 4.78 is 6.94. The van der Waals surface area contributed by atoms with E-state index in [-0.39, 0.29) is 17.7 Å². The molecule has 0 atom stereocenters. The van der Waals surface area contributed by atoms with E-state index in [0.717, 1.165) is 5.69 Å². The highest BCUT2D eigenvalue weighted by molar-refractivity contribution is 7.99. The molecule has 0 bridgehead atoms. The van der Waals surface area contributed by atoms with Crippen LogP contribution >= 0.6 is 11.8 Å². The minimum absolute atomic E-state index is 0.0103. The van der Waals surface area contributed by atoms with Crippen molar-refractivity contribution in [2.75, 3.05) is 38.5 Å². The van der Waals surface area contributed by atoms with Crippen LogP contribution in [-0.4, -0.2) is 80.0 Å². The van der Waals surface area contributed by atoms with Crippen LogP contribution in [0.25, 0.3) is 17.1 Å². The molecule has 0 unspecified atom stereocenters. The molecule has 1 saturated heterocycles. The molecule has 2 aromatic carbocycles. The average molecular weight is 525 g/mol. The Bertz CT molecular complexity index is 1230. The molecule has 37 heavy (non-hydrogen) atoms. The highest BCUT2D eigenvalue weighted by atomic mass is 32.2. The molecule has 1 fully saturated rings. The number of hydrogen-bond acceptors (Lipinski definition) is 8. The number of non-ortho nitro benzene ring substituents is 1. The van der Waals surface area contributed by atoms with E-state index in [0.29, 0.717) is 67.9 Å². The van der Waals surface area contributed by atoms with Crippen LogP contribution in [0.2, 0.25) is 0 Å². The molecule has 4 rings (SSSR count). The fraction of sp³-hybridized carbons (Fsp3) is 0.360. The molecule has 2 amide bonds. The van der Waals surface area contributed by atoms with Gasteiger partial charge in [-0.2, -0.15) is 0 Å². The molecule has 1 aliphatic heterocycles. The fourth-order valence-corrected chi connectivity index (χ4v) is 4.88. The molecular formula is C25H28N6O5S. The van der Waals surface area contributed by atoms with Crippen molar-refractivity contribution in [3.05, 3.63) is 64.7 Å². The van der Waals surface area contributed by atoms with Gasteiger partial charge in [-0.05, 0) is 37.6 Å². The minimum atomic E-state index is -0.436. The Morgan fingerprint density at radius 2 is 1.68 bits per heavy atom. The van der Waals surface area contributed by atoms with E-state index >= 15 is 0 Å². The molecule has 0 spiro atoms. The number of rotatable bonds is 9. The first kappa shape index (κ1) is 26.1. The molecule has 2 heterocycles. The summed E-state index contributed by atoms with van der Waals surface area (Å²) >= 11 is 1.50. The largest absolute Gasteiger partial charge is 0.450 e. The smallest absolute Gasteiger partial charge is 0.409 e. The Kier molecular flexibility index (Phi) is 8.72. The van der Waals surface area contributed by atoms with Crippen LogP contribution in [0, 0.1) is 10.1 Å². The number of aromatic nitrogens is 3. The highest BCUT2D eigenvalue weighted by Crippen LogP contribution is 2.29. The Hall–Kier alpha value is -3.93. The van der Waals surface area contributed by atoms with Crippen LogP contribution in [0.15, 0.2) is 59.8 Å². The Balaban J connectivity index is 1.37. The lowest BCUT2D eigenvalue weighted by molar-refractivity contribution is -0.384. The van der Waals surface area contributed by atoms with Crippen molar-refractivity contribution in [3.8, 4) is 17.1 Å². The number of hydrogen-bond donors (Lipinski definition) is 0. The van der Waals surface area contributed by atoms with Crippen LogP contribution in [0.4, 0.5) is 10.5 Å². The van der Waals surface area contributed by atoms with Gasteiger partial charge in [0.15, 0.2) is 11.0 Å². The van der Waals surface area contributed by atoms with Crippen LogP contribution < -0.4 is 0 Å². The van der Waals surface area contributed by atoms with E-state index in [2.05, 4.69) is 10.2 Å². The zero-order valence-corrected chi connectivity index (χ0v) is 21.3. The number of thioether (sulfide) groups is 1. The summed E-state index contributed by atoms with van der Waals surface area (Å²) in [5.74, 6) is 1.32. The third kappa shape index (κ3) is 6.45. The summed E-state index contributed by atoms with van der Waals surface area (Å²) in [6.45, 7) is 4.07. The first-order valence-corrected chi connectivity index (χ1v) is 13.0. The van der Waals surface area contributed by atoms with Crippen molar-refractivity contribution < 1.29 is 19.2 Å². The molecule has 0 saturated carbocycles. The first-order valence-electron chi connectivity index (χ1n) is 12.1. The maximum absolute atomic E-state index is 12.7. The monoisotopic (exact) mass is 524 g/mol. The quantitative estimate of drug-likeness (QED) is 0.178. The fourth-order valence-electron chi connectivity index (χ4n) is 3.99. The highest BCUT2D eigenvalue weighted by Gasteiger charge is 2.24. The van der Waals surface area contributed by atoms with Crippen molar-refractivity contribution in [2.45, 2.75) is 24.9 Å². The second-order valence-electron chi connectivity index (χ2n) is 8.30. The van der Waals surface area contributed by atoms with Gasteiger partial charge in [0, 0.05) is 61.7 Å². The van der Waals surface area contributed by atoms with Gasteiger partial charge in [-0.15, -0.1) is 10.2 Å². The summed E-state index contributed by atoms with van der Waals surface area (Å²) in [6.07, 6.45) is 0.735. The van der Waals surface area contributed by atoms with Crippen LogP contribution in [0.5, 0.6) is 0 Å². The molecule has 11 nitrogen and oxygen atoms in total. The van der Waals surface area contributed by atoms with Crippen molar-refractivity contribution >= 4 is 29.4 Å². The van der Waals surface area contributed by atoms with Crippen molar-refractivity contribution in [1.29, 1.82) is 0 Å². The molecule has 12 heteroatoms. The van der Waals surface area contributed by atoms with Crippen LogP contribution in [0.1, 0.15) is 19.8 Å². The molecule has 3 aromatic rings. The number of benzene rings is 2. The first-order chi connectivity index (χ1) is 18.0. The molecule has 0 radical (unpaired) electrons. The number of nitro benzene ring substituents is 1. The van der Waals surface area contributed by atoms with Gasteiger partial charge < -0.3 is 14.5 Å². The summed E-state index contributed by atoms with van der Waals surface area (Å²) in [7, 11) is 0. The molecular weight excluding hydrogens is 496 g/mol. The third-order valence-electron chi connectivity index (χ3n) is 5.91. The third-order valence-corrected chi connectivity index (χ3v) is 6.92. The summed E-state index contributed by atoms with van der Waals surface area (Å²) in [5.41, 5.74) is 1.60. The van der Waals surface area contributed by atoms with E-state index < -0.39 is 4.92 Å². The molecule has 0 N–H and O–H groups in total. The molecule has 194 valence electrons. The summed E-state index contributed by atoms with van der Waals surface area (Å²) in [5, 5.41) is 20.4. The minimum Gasteiger partial charge on any atom is -0.450 e. The predicted octanol–water partition coefficient (Wildman–Crippen LogP) is 4.02. The topological polar surface area (TPSA) is 124 Å². The number of carbonyl (C=O) groups is 2. The molecule has 0 aliphatic carbocycles. The molecule has 1 aliphatic rings. The zero-order chi connectivity index (χ0) is 26.2. The lowest BCUT2D eigenvalue weighted by Gasteiger charge is -2.34. The van der Waals surface area contributed by atoms with Crippen LogP contribution in [0.3, 0.4) is 0 Å². The van der Waals surface area contributed by atoms with E-state index in [4.69, 9.17) is 4.74 Å². The van der Waals surface area contributed by atoms with Crippen molar-refractivity contribution in [2.24, 2.45) is 0 Å².